The molecule has 0 aliphatic carbocycles. The molecule has 2 N–H and O–H groups in total. The standard InChI is InChI=1S/C9H22O2Si/c1-7-9(10,11)12(5,6)8(2,3)4/h10-11H,7H2,1-6H3. The van der Waals surface area contributed by atoms with Crippen molar-refractivity contribution >= 4 is 8.07 Å². The van der Waals surface area contributed by atoms with Crippen molar-refractivity contribution in [2.45, 2.75) is 57.7 Å². The summed E-state index contributed by atoms with van der Waals surface area (Å²) in [5.41, 5.74) is -1.44. The van der Waals surface area contributed by atoms with Gasteiger partial charge in [-0.25, -0.2) is 0 Å². The van der Waals surface area contributed by atoms with Crippen LogP contribution in [0.3, 0.4) is 0 Å². The largest absolute Gasteiger partial charge is 0.369 e. The second-order valence-corrected chi connectivity index (χ2v) is 10.6. The average Bonchev–Trinajstić information content (AvgIpc) is 1.85. The Morgan fingerprint density at radius 2 is 1.42 bits per heavy atom. The maximum Gasteiger partial charge on any atom is 0.145 e. The van der Waals surface area contributed by atoms with Crippen molar-refractivity contribution in [2.24, 2.45) is 0 Å². The van der Waals surface area contributed by atoms with E-state index in [-0.39, 0.29) is 5.04 Å². The highest BCUT2D eigenvalue weighted by Gasteiger charge is 2.50. The Kier molecular flexibility index (Phi) is 3.16. The molecule has 0 atom stereocenters. The highest BCUT2D eigenvalue weighted by molar-refractivity contribution is 6.82. The first kappa shape index (κ1) is 12.1. The Bertz CT molecular complexity index is 156. The van der Waals surface area contributed by atoms with Gasteiger partial charge in [-0.05, 0) is 11.5 Å². The molecule has 0 bridgehead atoms. The fraction of sp³-hybridized carbons (Fsp3) is 1.00. The molecule has 0 aliphatic heterocycles. The third-order valence-corrected chi connectivity index (χ3v) is 9.47. The second kappa shape index (κ2) is 3.12. The van der Waals surface area contributed by atoms with E-state index in [1.54, 1.807) is 0 Å². The summed E-state index contributed by atoms with van der Waals surface area (Å²) >= 11 is 0. The molecule has 0 saturated carbocycles. The zero-order valence-corrected chi connectivity index (χ0v) is 10.1. The van der Waals surface area contributed by atoms with E-state index in [9.17, 15) is 10.2 Å². The Hall–Kier alpha value is 0.137. The molecule has 74 valence electrons. The Labute approximate surface area is 76.6 Å². The van der Waals surface area contributed by atoms with E-state index in [0.29, 0.717) is 6.42 Å². The minimum atomic E-state index is -2.02. The van der Waals surface area contributed by atoms with Crippen LogP contribution in [0.2, 0.25) is 18.1 Å². The summed E-state index contributed by atoms with van der Waals surface area (Å²) in [6.07, 6.45) is 0.420. The lowest BCUT2D eigenvalue weighted by Gasteiger charge is -2.45. The molecule has 12 heavy (non-hydrogen) atoms. The smallest absolute Gasteiger partial charge is 0.145 e. The second-order valence-electron chi connectivity index (χ2n) is 5.05. The van der Waals surface area contributed by atoms with Crippen molar-refractivity contribution in [3.8, 4) is 0 Å². The van der Waals surface area contributed by atoms with Crippen LogP contribution in [-0.4, -0.2) is 23.7 Å². The van der Waals surface area contributed by atoms with Crippen molar-refractivity contribution in [3.63, 3.8) is 0 Å². The first-order chi connectivity index (χ1) is 5.06. The molecule has 0 heterocycles. The van der Waals surface area contributed by atoms with E-state index in [1.165, 1.54) is 0 Å². The first-order valence-electron chi connectivity index (χ1n) is 4.51. The lowest BCUT2D eigenvalue weighted by Crippen LogP contribution is -2.59. The molecular formula is C9H22O2Si. The molecule has 0 aromatic rings. The van der Waals surface area contributed by atoms with E-state index < -0.39 is 13.5 Å². The van der Waals surface area contributed by atoms with Crippen LogP contribution in [0.5, 0.6) is 0 Å². The Morgan fingerprint density at radius 3 is 1.50 bits per heavy atom. The number of rotatable bonds is 2. The number of hydrogen-bond donors (Lipinski definition) is 2. The number of hydrogen-bond acceptors (Lipinski definition) is 2. The van der Waals surface area contributed by atoms with E-state index in [4.69, 9.17) is 0 Å². The van der Waals surface area contributed by atoms with Crippen LogP contribution >= 0.6 is 0 Å². The minimum absolute atomic E-state index is 0.0203. The first-order valence-corrected chi connectivity index (χ1v) is 7.51. The summed E-state index contributed by atoms with van der Waals surface area (Å²) < 4.78 is 0. The van der Waals surface area contributed by atoms with Gasteiger partial charge in [0.15, 0.2) is 0 Å². The molecule has 0 unspecified atom stereocenters. The van der Waals surface area contributed by atoms with Gasteiger partial charge in [0.1, 0.15) is 13.5 Å². The summed E-state index contributed by atoms with van der Waals surface area (Å²) in [6.45, 7) is 12.1. The molecular weight excluding hydrogens is 168 g/mol. The van der Waals surface area contributed by atoms with E-state index in [1.807, 2.05) is 20.0 Å². The molecule has 0 amide bonds. The topological polar surface area (TPSA) is 40.5 Å². The van der Waals surface area contributed by atoms with Crippen molar-refractivity contribution in [1.82, 2.24) is 0 Å². The van der Waals surface area contributed by atoms with Gasteiger partial charge in [0, 0.05) is 0 Å². The van der Waals surface area contributed by atoms with Gasteiger partial charge in [-0.15, -0.1) is 0 Å². The van der Waals surface area contributed by atoms with Crippen LogP contribution in [0, 0.1) is 0 Å². The molecule has 3 heteroatoms. The fourth-order valence-electron chi connectivity index (χ4n) is 1.04. The van der Waals surface area contributed by atoms with Gasteiger partial charge < -0.3 is 10.2 Å². The zero-order valence-electron chi connectivity index (χ0n) is 9.10. The van der Waals surface area contributed by atoms with Gasteiger partial charge in [0.25, 0.3) is 0 Å². The maximum atomic E-state index is 9.80. The third kappa shape index (κ3) is 1.89. The van der Waals surface area contributed by atoms with Crippen molar-refractivity contribution in [2.75, 3.05) is 0 Å². The average molecular weight is 190 g/mol. The normalized spacial score (nSPS) is 15.0. The zero-order chi connectivity index (χ0) is 10.2. The number of aliphatic hydroxyl groups is 2. The van der Waals surface area contributed by atoms with Crippen LogP contribution in [0.4, 0.5) is 0 Å². The lowest BCUT2D eigenvalue weighted by atomic mass is 10.2. The molecule has 0 aromatic heterocycles. The quantitative estimate of drug-likeness (QED) is 0.517. The molecule has 0 aromatic carbocycles. The van der Waals surface area contributed by atoms with E-state index in [2.05, 4.69) is 20.8 Å². The third-order valence-electron chi connectivity index (χ3n) is 3.37. The lowest BCUT2D eigenvalue weighted by molar-refractivity contribution is -0.100. The molecule has 0 radical (unpaired) electrons. The molecule has 2 nitrogen and oxygen atoms in total. The summed E-state index contributed by atoms with van der Waals surface area (Å²) in [6, 6.07) is 0. The predicted molar refractivity (Wildman–Crippen MR) is 54.7 cm³/mol. The molecule has 0 rings (SSSR count). The summed E-state index contributed by atoms with van der Waals surface area (Å²) in [7, 11) is -2.02. The van der Waals surface area contributed by atoms with Gasteiger partial charge in [0.05, 0.1) is 0 Å². The highest BCUT2D eigenvalue weighted by Crippen LogP contribution is 2.42. The summed E-state index contributed by atoms with van der Waals surface area (Å²) in [5, 5.41) is 19.6. The van der Waals surface area contributed by atoms with E-state index in [0.717, 1.165) is 0 Å². The SMILES string of the molecule is CCC(O)(O)[Si](C)(C)C(C)(C)C. The Morgan fingerprint density at radius 1 is 1.08 bits per heavy atom. The predicted octanol–water partition coefficient (Wildman–Crippen LogP) is 2.12. The fourth-order valence-corrected chi connectivity index (χ4v) is 3.13. The van der Waals surface area contributed by atoms with Crippen LogP contribution in [0.1, 0.15) is 34.1 Å². The van der Waals surface area contributed by atoms with Gasteiger partial charge >= 0.3 is 0 Å². The molecule has 0 aliphatic rings. The maximum absolute atomic E-state index is 9.80. The summed E-state index contributed by atoms with van der Waals surface area (Å²) in [4.78, 5) is 0. The van der Waals surface area contributed by atoms with Crippen molar-refractivity contribution in [3.05, 3.63) is 0 Å². The minimum Gasteiger partial charge on any atom is -0.369 e. The van der Waals surface area contributed by atoms with Crippen LogP contribution < -0.4 is 0 Å². The monoisotopic (exact) mass is 190 g/mol. The van der Waals surface area contributed by atoms with Crippen LogP contribution in [0.15, 0.2) is 0 Å². The molecule has 0 saturated heterocycles. The van der Waals surface area contributed by atoms with E-state index >= 15 is 0 Å². The molecule has 0 fully saturated rings. The van der Waals surface area contributed by atoms with Gasteiger partial charge in [-0.1, -0.05) is 40.8 Å². The van der Waals surface area contributed by atoms with Crippen molar-refractivity contribution in [1.29, 1.82) is 0 Å². The van der Waals surface area contributed by atoms with Crippen LogP contribution in [-0.2, 0) is 0 Å². The highest BCUT2D eigenvalue weighted by atomic mass is 28.3. The van der Waals surface area contributed by atoms with Crippen molar-refractivity contribution < 1.29 is 10.2 Å². The molecule has 0 spiro atoms. The van der Waals surface area contributed by atoms with Crippen LogP contribution in [0.25, 0.3) is 0 Å². The van der Waals surface area contributed by atoms with Gasteiger partial charge in [0.2, 0.25) is 0 Å². The van der Waals surface area contributed by atoms with Gasteiger partial charge in [-0.3, -0.25) is 0 Å². The summed E-state index contributed by atoms with van der Waals surface area (Å²) in [5.74, 6) is 0. The van der Waals surface area contributed by atoms with Gasteiger partial charge in [-0.2, -0.15) is 0 Å². The Balaban J connectivity index is 4.85.